The average molecular weight is 348 g/mol. The molecule has 0 saturated carbocycles. The van der Waals surface area contributed by atoms with Gasteiger partial charge in [0, 0.05) is 0 Å². The number of aromatic nitrogens is 1. The molecular formula is C5H4ClN2OTl. The fourth-order valence-corrected chi connectivity index (χ4v) is 1.23. The van der Waals surface area contributed by atoms with E-state index in [2.05, 4.69) is 4.98 Å². The van der Waals surface area contributed by atoms with Crippen LogP contribution in [0, 0.1) is 0 Å². The van der Waals surface area contributed by atoms with Gasteiger partial charge in [-0.25, -0.2) is 0 Å². The molecule has 0 unspecified atom stereocenters. The summed E-state index contributed by atoms with van der Waals surface area (Å²) in [5.74, 6) is 0.509. The van der Waals surface area contributed by atoms with Crippen LogP contribution in [0.25, 0.3) is 0 Å². The summed E-state index contributed by atoms with van der Waals surface area (Å²) in [6.07, 6.45) is 0. The van der Waals surface area contributed by atoms with Crippen molar-refractivity contribution in [3.8, 4) is 5.88 Å². The molecule has 5 heteroatoms. The van der Waals surface area contributed by atoms with Crippen molar-refractivity contribution in [3.05, 3.63) is 17.3 Å². The van der Waals surface area contributed by atoms with E-state index < -0.39 is 0 Å². The quantitative estimate of drug-likeness (QED) is 0.603. The Labute approximate surface area is 79.9 Å². The molecule has 0 amide bonds. The molecule has 0 aromatic carbocycles. The van der Waals surface area contributed by atoms with Gasteiger partial charge in [0.15, 0.2) is 0 Å². The number of rotatable bonds is 1. The Morgan fingerprint density at radius 1 is 1.60 bits per heavy atom. The molecule has 1 aromatic rings. The van der Waals surface area contributed by atoms with Crippen LogP contribution in [-0.2, 0) is 0 Å². The monoisotopic (exact) mass is 348 g/mol. The van der Waals surface area contributed by atoms with Crippen LogP contribution in [0.2, 0.25) is 5.15 Å². The summed E-state index contributed by atoms with van der Waals surface area (Å²) in [6.45, 7) is 0. The Balaban J connectivity index is 3.06. The summed E-state index contributed by atoms with van der Waals surface area (Å²) >= 11 is 5.99. The van der Waals surface area contributed by atoms with Gasteiger partial charge < -0.3 is 0 Å². The SMILES string of the molecule is Nc1cc(Cl)nc([O][Tl])c1. The number of nitrogen functional groups attached to an aromatic ring is 1. The first-order valence-corrected chi connectivity index (χ1v) is 4.73. The van der Waals surface area contributed by atoms with Crippen molar-refractivity contribution in [1.82, 2.24) is 4.98 Å². The summed E-state index contributed by atoms with van der Waals surface area (Å²) in [5.41, 5.74) is 6.03. The van der Waals surface area contributed by atoms with E-state index in [-0.39, 0.29) is 0 Å². The average Bonchev–Trinajstić information content (AvgIpc) is 1.85. The zero-order chi connectivity index (χ0) is 7.56. The first-order valence-electron chi connectivity index (χ1n) is 2.52. The van der Waals surface area contributed by atoms with E-state index in [1.807, 2.05) is 0 Å². The molecule has 0 radical (unpaired) electrons. The van der Waals surface area contributed by atoms with Gasteiger partial charge in [0.25, 0.3) is 0 Å². The Morgan fingerprint density at radius 2 is 2.30 bits per heavy atom. The number of nitrogens with two attached hydrogens (primary N) is 1. The Kier molecular flexibility index (Phi) is 2.73. The van der Waals surface area contributed by atoms with E-state index in [0.717, 1.165) is 0 Å². The third-order valence-electron chi connectivity index (χ3n) is 0.914. The molecule has 3 nitrogen and oxygen atoms in total. The second-order valence-corrected chi connectivity index (χ2v) is 2.98. The van der Waals surface area contributed by atoms with Crippen LogP contribution >= 0.6 is 11.6 Å². The van der Waals surface area contributed by atoms with Crippen molar-refractivity contribution < 1.29 is 2.69 Å². The van der Waals surface area contributed by atoms with Crippen molar-refractivity contribution in [2.45, 2.75) is 0 Å². The van der Waals surface area contributed by atoms with Gasteiger partial charge in [0.1, 0.15) is 0 Å². The van der Waals surface area contributed by atoms with E-state index in [1.165, 1.54) is 0 Å². The van der Waals surface area contributed by atoms with Crippen LogP contribution < -0.4 is 8.42 Å². The number of halogens is 1. The second-order valence-electron chi connectivity index (χ2n) is 1.68. The van der Waals surface area contributed by atoms with Gasteiger partial charge in [0.05, 0.1) is 0 Å². The van der Waals surface area contributed by atoms with Gasteiger partial charge in [-0.15, -0.1) is 0 Å². The standard InChI is InChI=1S/C5H5ClN2O.Tl/c6-4-1-3(7)2-5(9)8-4;/h1-2H,(H3,7,8,9);/q;+1/p-1. The Bertz CT molecular complexity index is 223. The van der Waals surface area contributed by atoms with Crippen molar-refractivity contribution >= 4 is 43.5 Å². The molecule has 1 rings (SSSR count). The molecule has 0 saturated heterocycles. The van der Waals surface area contributed by atoms with Crippen molar-refractivity contribution in [2.75, 3.05) is 5.73 Å². The van der Waals surface area contributed by atoms with Crippen LogP contribution in [0.3, 0.4) is 0 Å². The van der Waals surface area contributed by atoms with Gasteiger partial charge in [-0.05, 0) is 0 Å². The van der Waals surface area contributed by atoms with E-state index in [0.29, 0.717) is 42.9 Å². The van der Waals surface area contributed by atoms with Crippen LogP contribution in [0.5, 0.6) is 5.88 Å². The van der Waals surface area contributed by atoms with E-state index in [1.54, 1.807) is 12.1 Å². The molecule has 10 heavy (non-hydrogen) atoms. The zero-order valence-corrected chi connectivity index (χ0v) is 10.3. The van der Waals surface area contributed by atoms with Crippen LogP contribution in [0.15, 0.2) is 12.1 Å². The fraction of sp³-hybridized carbons (Fsp3) is 0. The van der Waals surface area contributed by atoms with E-state index >= 15 is 0 Å². The summed E-state index contributed by atoms with van der Waals surface area (Å²) in [7, 11) is 0. The summed E-state index contributed by atoms with van der Waals surface area (Å²) in [4.78, 5) is 3.86. The molecule has 0 atom stereocenters. The molecule has 2 N–H and O–H groups in total. The molecule has 1 heterocycles. The number of hydrogen-bond donors (Lipinski definition) is 1. The van der Waals surface area contributed by atoms with Gasteiger partial charge in [-0.3, -0.25) is 0 Å². The number of nitrogens with zero attached hydrogens (tertiary/aromatic N) is 1. The third-order valence-corrected chi connectivity index (χ3v) is 2.05. The second kappa shape index (κ2) is 3.38. The van der Waals surface area contributed by atoms with Gasteiger partial charge in [-0.2, -0.15) is 0 Å². The molecule has 0 aliphatic heterocycles. The molecule has 0 spiro atoms. The summed E-state index contributed by atoms with van der Waals surface area (Å²) < 4.78 is 4.97. The first-order chi connectivity index (χ1) is 4.72. The van der Waals surface area contributed by atoms with E-state index in [9.17, 15) is 0 Å². The zero-order valence-electron chi connectivity index (χ0n) is 5.04. The number of anilines is 1. The maximum atomic E-state index is 5.58. The Hall–Kier alpha value is -0.0379. The minimum absolute atomic E-state index is 0.371. The van der Waals surface area contributed by atoms with Gasteiger partial charge >= 0.3 is 80.1 Å². The minimum atomic E-state index is 0.371. The first kappa shape index (κ1) is 8.06. The maximum absolute atomic E-state index is 5.58. The molecule has 1 aromatic heterocycles. The third kappa shape index (κ3) is 1.98. The van der Waals surface area contributed by atoms with Crippen LogP contribution in [0.4, 0.5) is 5.69 Å². The molecule has 50 valence electrons. The summed E-state index contributed by atoms with van der Waals surface area (Å²) in [5, 5.41) is 0.371. The molecular weight excluding hydrogens is 344 g/mol. The van der Waals surface area contributed by atoms with E-state index in [4.69, 9.17) is 20.0 Å². The molecule has 0 fully saturated rings. The summed E-state index contributed by atoms with van der Waals surface area (Å²) in [6, 6.07) is 3.22. The topological polar surface area (TPSA) is 48.1 Å². The van der Waals surface area contributed by atoms with Crippen LogP contribution in [0.1, 0.15) is 0 Å². The molecule has 0 aliphatic rings. The van der Waals surface area contributed by atoms with Crippen molar-refractivity contribution in [2.24, 2.45) is 0 Å². The van der Waals surface area contributed by atoms with Crippen molar-refractivity contribution in [1.29, 1.82) is 0 Å². The van der Waals surface area contributed by atoms with Gasteiger partial charge in [-0.1, -0.05) is 0 Å². The Morgan fingerprint density at radius 3 is 2.80 bits per heavy atom. The van der Waals surface area contributed by atoms with Crippen molar-refractivity contribution in [3.63, 3.8) is 0 Å². The fourth-order valence-electron chi connectivity index (χ4n) is 0.552. The predicted molar refractivity (Wildman–Crippen MR) is 40.0 cm³/mol. The normalized spacial score (nSPS) is 9.20. The van der Waals surface area contributed by atoms with Gasteiger partial charge in [0.2, 0.25) is 0 Å². The number of pyridine rings is 1. The van der Waals surface area contributed by atoms with Crippen LogP contribution in [-0.4, -0.2) is 31.2 Å². The molecule has 0 bridgehead atoms. The molecule has 0 aliphatic carbocycles. The number of hydrogen-bond acceptors (Lipinski definition) is 3. The predicted octanol–water partition coefficient (Wildman–Crippen LogP) is 0.780.